The molecule has 1 aliphatic heterocycles. The van der Waals surface area contributed by atoms with Crippen molar-refractivity contribution in [3.8, 4) is 0 Å². The van der Waals surface area contributed by atoms with Gasteiger partial charge in [0.25, 0.3) is 0 Å². The molecule has 1 amide bonds. The summed E-state index contributed by atoms with van der Waals surface area (Å²) in [5, 5.41) is 11.2. The van der Waals surface area contributed by atoms with Crippen molar-refractivity contribution in [1.82, 2.24) is 34.5 Å². The lowest BCUT2D eigenvalue weighted by molar-refractivity contribution is -0.127. The van der Waals surface area contributed by atoms with Gasteiger partial charge in [-0.15, -0.1) is 10.2 Å². The maximum absolute atomic E-state index is 12.4. The maximum Gasteiger partial charge on any atom is 0.238 e. The number of carbonyl (C=O) groups excluding carboxylic acids is 1. The van der Waals surface area contributed by atoms with Crippen LogP contribution in [0.15, 0.2) is 24.3 Å². The van der Waals surface area contributed by atoms with Crippen molar-refractivity contribution in [2.75, 3.05) is 7.05 Å². The highest BCUT2D eigenvalue weighted by atomic mass is 16.2. The number of amides is 1. The van der Waals surface area contributed by atoms with Gasteiger partial charge in [-0.25, -0.2) is 4.98 Å². The van der Waals surface area contributed by atoms with E-state index in [1.165, 1.54) is 0 Å². The van der Waals surface area contributed by atoms with Crippen LogP contribution in [-0.4, -0.2) is 48.2 Å². The molecule has 1 aromatic carbocycles. The van der Waals surface area contributed by atoms with Crippen LogP contribution in [0.3, 0.4) is 0 Å². The molecule has 1 unspecified atom stereocenters. The van der Waals surface area contributed by atoms with Crippen molar-refractivity contribution in [1.29, 1.82) is 0 Å². The Labute approximate surface area is 145 Å². The molecule has 3 aromatic rings. The van der Waals surface area contributed by atoms with Crippen molar-refractivity contribution in [3.63, 3.8) is 0 Å². The average Bonchev–Trinajstić information content (AvgIpc) is 3.14. The number of hydrogen-bond donors (Lipinski definition) is 1. The maximum atomic E-state index is 12.4. The number of rotatable bonds is 3. The summed E-state index contributed by atoms with van der Waals surface area (Å²) in [4.78, 5) is 19.3. The normalized spacial score (nSPS) is 17.6. The predicted octanol–water partition coefficient (Wildman–Crippen LogP) is 0.604. The molecule has 0 bridgehead atoms. The molecule has 8 heteroatoms. The van der Waals surface area contributed by atoms with E-state index in [4.69, 9.17) is 4.98 Å². The molecule has 130 valence electrons. The van der Waals surface area contributed by atoms with E-state index in [0.717, 1.165) is 28.5 Å². The largest absolute Gasteiger partial charge is 0.358 e. The second kappa shape index (κ2) is 5.96. The van der Waals surface area contributed by atoms with E-state index in [-0.39, 0.29) is 11.9 Å². The lowest BCUT2D eigenvalue weighted by Gasteiger charge is -2.34. The second-order valence-electron chi connectivity index (χ2n) is 6.38. The zero-order chi connectivity index (χ0) is 17.6. The summed E-state index contributed by atoms with van der Waals surface area (Å²) in [7, 11) is 3.68. The molecule has 8 nitrogen and oxygen atoms in total. The molecule has 1 N–H and O–H groups in total. The molecular weight excluding hydrogens is 318 g/mol. The fraction of sp³-hybridized carbons (Fsp3) is 0.412. The summed E-state index contributed by atoms with van der Waals surface area (Å²) in [6.07, 6.45) is 0. The summed E-state index contributed by atoms with van der Waals surface area (Å²) in [5.41, 5.74) is 2.05. The first-order valence-electron chi connectivity index (χ1n) is 8.33. The summed E-state index contributed by atoms with van der Waals surface area (Å²) < 4.78 is 4.10. The lowest BCUT2D eigenvalue weighted by atomic mass is 10.1. The Morgan fingerprint density at radius 1 is 1.32 bits per heavy atom. The van der Waals surface area contributed by atoms with Crippen LogP contribution in [-0.2, 0) is 31.5 Å². The van der Waals surface area contributed by atoms with E-state index in [0.29, 0.717) is 19.6 Å². The SMILES string of the molecule is CNC(=O)C1Cn2c(C)nnc2CN1Cc1nc2ccccc2n1C. The van der Waals surface area contributed by atoms with Gasteiger partial charge in [-0.1, -0.05) is 12.1 Å². The first-order chi connectivity index (χ1) is 12.1. The topological polar surface area (TPSA) is 80.9 Å². The van der Waals surface area contributed by atoms with Crippen molar-refractivity contribution in [3.05, 3.63) is 41.7 Å². The van der Waals surface area contributed by atoms with E-state index in [1.54, 1.807) is 7.05 Å². The molecule has 4 rings (SSSR count). The number of hydrogen-bond acceptors (Lipinski definition) is 5. The zero-order valence-corrected chi connectivity index (χ0v) is 14.6. The molecule has 0 spiro atoms. The van der Waals surface area contributed by atoms with Gasteiger partial charge in [-0.3, -0.25) is 9.69 Å². The molecule has 1 aliphatic rings. The van der Waals surface area contributed by atoms with Gasteiger partial charge in [0.15, 0.2) is 0 Å². The first-order valence-corrected chi connectivity index (χ1v) is 8.33. The molecule has 3 heterocycles. The summed E-state index contributed by atoms with van der Waals surface area (Å²) in [6.45, 7) is 3.62. The molecule has 0 radical (unpaired) electrons. The van der Waals surface area contributed by atoms with E-state index in [1.807, 2.05) is 36.7 Å². The fourth-order valence-corrected chi connectivity index (χ4v) is 3.46. The smallest absolute Gasteiger partial charge is 0.238 e. The van der Waals surface area contributed by atoms with Gasteiger partial charge in [0.2, 0.25) is 5.91 Å². The van der Waals surface area contributed by atoms with Crippen LogP contribution in [0.1, 0.15) is 17.5 Å². The minimum atomic E-state index is -0.271. The Morgan fingerprint density at radius 2 is 2.12 bits per heavy atom. The number of carbonyl (C=O) groups is 1. The number of aromatic nitrogens is 5. The second-order valence-corrected chi connectivity index (χ2v) is 6.38. The third kappa shape index (κ3) is 2.58. The summed E-state index contributed by atoms with van der Waals surface area (Å²) in [5.74, 6) is 2.65. The predicted molar refractivity (Wildman–Crippen MR) is 92.6 cm³/mol. The van der Waals surface area contributed by atoms with Crippen LogP contribution >= 0.6 is 0 Å². The number of benzene rings is 1. The number of para-hydroxylation sites is 2. The number of imidazole rings is 1. The van der Waals surface area contributed by atoms with E-state index in [2.05, 4.69) is 31.0 Å². The average molecular weight is 339 g/mol. The standard InChI is InChI=1S/C17H21N7O/c1-11-20-21-16-10-23(14(8-24(11)16)17(25)18-2)9-15-19-12-6-4-5-7-13(12)22(15)3/h4-7,14H,8-10H2,1-3H3,(H,18,25). The zero-order valence-electron chi connectivity index (χ0n) is 14.6. The van der Waals surface area contributed by atoms with Crippen LogP contribution in [0.25, 0.3) is 11.0 Å². The highest BCUT2D eigenvalue weighted by Gasteiger charge is 2.33. The van der Waals surface area contributed by atoms with Gasteiger partial charge in [0.05, 0.1) is 30.7 Å². The van der Waals surface area contributed by atoms with Crippen LogP contribution in [0.5, 0.6) is 0 Å². The number of fused-ring (bicyclic) bond motifs is 2. The Balaban J connectivity index is 1.69. The van der Waals surface area contributed by atoms with Crippen LogP contribution < -0.4 is 5.32 Å². The number of nitrogens with zero attached hydrogens (tertiary/aromatic N) is 6. The number of likely N-dealkylation sites (N-methyl/N-ethyl adjacent to an activating group) is 1. The molecule has 0 saturated carbocycles. The molecule has 0 aliphatic carbocycles. The number of nitrogens with one attached hydrogen (secondary N) is 1. The highest BCUT2D eigenvalue weighted by Crippen LogP contribution is 2.22. The van der Waals surface area contributed by atoms with Gasteiger partial charge in [-0.2, -0.15) is 0 Å². The van der Waals surface area contributed by atoms with Gasteiger partial charge in [0.1, 0.15) is 23.5 Å². The molecule has 25 heavy (non-hydrogen) atoms. The molecule has 0 saturated heterocycles. The molecule has 0 fully saturated rings. The monoisotopic (exact) mass is 339 g/mol. The molecule has 2 aromatic heterocycles. The van der Waals surface area contributed by atoms with Gasteiger partial charge >= 0.3 is 0 Å². The van der Waals surface area contributed by atoms with Crippen LogP contribution in [0, 0.1) is 6.92 Å². The van der Waals surface area contributed by atoms with Crippen LogP contribution in [0.4, 0.5) is 0 Å². The Bertz CT molecular complexity index is 942. The third-order valence-corrected chi connectivity index (χ3v) is 4.93. The summed E-state index contributed by atoms with van der Waals surface area (Å²) in [6, 6.07) is 7.78. The van der Waals surface area contributed by atoms with E-state index < -0.39 is 0 Å². The van der Waals surface area contributed by atoms with E-state index >= 15 is 0 Å². The van der Waals surface area contributed by atoms with E-state index in [9.17, 15) is 4.79 Å². The van der Waals surface area contributed by atoms with Crippen molar-refractivity contribution in [2.45, 2.75) is 32.6 Å². The van der Waals surface area contributed by atoms with Gasteiger partial charge < -0.3 is 14.5 Å². The molecule has 1 atom stereocenters. The molecular formula is C17H21N7O. The lowest BCUT2D eigenvalue weighted by Crippen LogP contribution is -2.51. The van der Waals surface area contributed by atoms with Crippen LogP contribution in [0.2, 0.25) is 0 Å². The summed E-state index contributed by atoms with van der Waals surface area (Å²) >= 11 is 0. The van der Waals surface area contributed by atoms with Gasteiger partial charge in [0, 0.05) is 14.1 Å². The number of aryl methyl sites for hydroxylation is 2. The Morgan fingerprint density at radius 3 is 2.88 bits per heavy atom. The quantitative estimate of drug-likeness (QED) is 0.756. The van der Waals surface area contributed by atoms with Crippen molar-refractivity contribution < 1.29 is 4.79 Å². The Hall–Kier alpha value is -2.74. The van der Waals surface area contributed by atoms with Gasteiger partial charge in [-0.05, 0) is 19.1 Å². The first kappa shape index (κ1) is 15.8. The van der Waals surface area contributed by atoms with Crippen molar-refractivity contribution in [2.24, 2.45) is 7.05 Å². The fourth-order valence-electron chi connectivity index (χ4n) is 3.46. The Kier molecular flexibility index (Phi) is 3.76. The highest BCUT2D eigenvalue weighted by molar-refractivity contribution is 5.81. The third-order valence-electron chi connectivity index (χ3n) is 4.93. The van der Waals surface area contributed by atoms with Crippen molar-refractivity contribution >= 4 is 16.9 Å². The minimum Gasteiger partial charge on any atom is -0.358 e. The minimum absolute atomic E-state index is 0.00230.